The Morgan fingerprint density at radius 2 is 2.00 bits per heavy atom. The van der Waals surface area contributed by atoms with Crippen molar-refractivity contribution in [3.8, 4) is 5.82 Å². The number of hydrogen-bond acceptors (Lipinski definition) is 2. The Morgan fingerprint density at radius 1 is 1.32 bits per heavy atom. The summed E-state index contributed by atoms with van der Waals surface area (Å²) in [6, 6.07) is 5.83. The lowest BCUT2D eigenvalue weighted by Crippen LogP contribution is -2.12. The SMILES string of the molecule is Cc1ccc(-n2c(C)cc(C(=O)C(C)Cl)c2C)nc1. The van der Waals surface area contributed by atoms with Crippen molar-refractivity contribution in [2.45, 2.75) is 33.1 Å². The fourth-order valence-electron chi connectivity index (χ4n) is 2.17. The van der Waals surface area contributed by atoms with Crippen molar-refractivity contribution >= 4 is 17.4 Å². The van der Waals surface area contributed by atoms with E-state index < -0.39 is 5.38 Å². The molecule has 1 atom stereocenters. The summed E-state index contributed by atoms with van der Waals surface area (Å²) in [4.78, 5) is 16.5. The van der Waals surface area contributed by atoms with Crippen LogP contribution >= 0.6 is 11.6 Å². The Kier molecular flexibility index (Phi) is 3.76. The van der Waals surface area contributed by atoms with Crippen LogP contribution in [-0.4, -0.2) is 20.7 Å². The largest absolute Gasteiger partial charge is 0.302 e. The van der Waals surface area contributed by atoms with Gasteiger partial charge in [-0.05, 0) is 45.4 Å². The first-order valence-corrected chi connectivity index (χ1v) is 6.65. The van der Waals surface area contributed by atoms with Crippen LogP contribution in [0.15, 0.2) is 24.4 Å². The van der Waals surface area contributed by atoms with Crippen molar-refractivity contribution in [2.75, 3.05) is 0 Å². The van der Waals surface area contributed by atoms with Gasteiger partial charge in [0, 0.05) is 23.1 Å². The molecule has 0 N–H and O–H groups in total. The monoisotopic (exact) mass is 276 g/mol. The number of carbonyl (C=O) groups is 1. The Hall–Kier alpha value is -1.61. The number of nitrogens with zero attached hydrogens (tertiary/aromatic N) is 2. The maximum atomic E-state index is 12.1. The molecule has 4 heteroatoms. The molecule has 3 nitrogen and oxygen atoms in total. The van der Waals surface area contributed by atoms with Gasteiger partial charge in [-0.3, -0.25) is 4.79 Å². The van der Waals surface area contributed by atoms with Crippen LogP contribution in [0, 0.1) is 20.8 Å². The standard InChI is InChI=1S/C15H17ClN2O/c1-9-5-6-14(17-8-9)18-10(2)7-13(12(18)4)15(19)11(3)16/h5-8,11H,1-4H3. The molecule has 0 saturated carbocycles. The van der Waals surface area contributed by atoms with Gasteiger partial charge in [0.1, 0.15) is 5.82 Å². The Labute approximate surface area is 118 Å². The van der Waals surface area contributed by atoms with Crippen molar-refractivity contribution in [2.24, 2.45) is 0 Å². The number of aryl methyl sites for hydroxylation is 2. The average Bonchev–Trinajstić information content (AvgIpc) is 2.65. The van der Waals surface area contributed by atoms with Gasteiger partial charge in [0.15, 0.2) is 5.78 Å². The zero-order valence-corrected chi connectivity index (χ0v) is 12.3. The average molecular weight is 277 g/mol. The summed E-state index contributed by atoms with van der Waals surface area (Å²) >= 11 is 5.89. The molecule has 0 aliphatic rings. The Morgan fingerprint density at radius 3 is 2.53 bits per heavy atom. The van der Waals surface area contributed by atoms with E-state index in [-0.39, 0.29) is 5.78 Å². The quantitative estimate of drug-likeness (QED) is 0.634. The van der Waals surface area contributed by atoms with Crippen LogP contribution in [-0.2, 0) is 0 Å². The van der Waals surface area contributed by atoms with E-state index >= 15 is 0 Å². The molecule has 0 radical (unpaired) electrons. The minimum Gasteiger partial charge on any atom is -0.302 e. The number of rotatable bonds is 3. The number of aromatic nitrogens is 2. The van der Waals surface area contributed by atoms with E-state index in [1.54, 1.807) is 6.92 Å². The van der Waals surface area contributed by atoms with E-state index in [1.165, 1.54) is 0 Å². The van der Waals surface area contributed by atoms with Gasteiger partial charge in [0.25, 0.3) is 0 Å². The number of pyridine rings is 1. The van der Waals surface area contributed by atoms with Crippen LogP contribution in [0.5, 0.6) is 0 Å². The van der Waals surface area contributed by atoms with Crippen molar-refractivity contribution in [3.63, 3.8) is 0 Å². The van der Waals surface area contributed by atoms with Crippen LogP contribution in [0.2, 0.25) is 0 Å². The Bertz CT molecular complexity index is 612. The molecule has 2 heterocycles. The molecule has 0 aliphatic carbocycles. The second-order valence-electron chi connectivity index (χ2n) is 4.79. The van der Waals surface area contributed by atoms with Gasteiger partial charge in [-0.15, -0.1) is 11.6 Å². The van der Waals surface area contributed by atoms with Gasteiger partial charge in [0.2, 0.25) is 0 Å². The van der Waals surface area contributed by atoms with Gasteiger partial charge >= 0.3 is 0 Å². The number of alkyl halides is 1. The van der Waals surface area contributed by atoms with Crippen LogP contribution in [0.25, 0.3) is 5.82 Å². The van der Waals surface area contributed by atoms with Gasteiger partial charge in [0.05, 0.1) is 5.38 Å². The van der Waals surface area contributed by atoms with Gasteiger partial charge in [-0.25, -0.2) is 4.98 Å². The van der Waals surface area contributed by atoms with E-state index in [1.807, 2.05) is 49.7 Å². The Balaban J connectivity index is 2.54. The summed E-state index contributed by atoms with van der Waals surface area (Å²) in [6.45, 7) is 7.57. The molecule has 0 amide bonds. The highest BCUT2D eigenvalue weighted by Gasteiger charge is 2.20. The number of Topliss-reactive ketones (excluding diaryl/α,β-unsaturated/α-hetero) is 1. The molecule has 2 aromatic rings. The number of hydrogen-bond donors (Lipinski definition) is 0. The summed E-state index contributed by atoms with van der Waals surface area (Å²) < 4.78 is 1.98. The van der Waals surface area contributed by atoms with Gasteiger partial charge < -0.3 is 4.57 Å². The predicted octanol–water partition coefficient (Wildman–Crippen LogP) is 3.61. The molecule has 100 valence electrons. The molecule has 0 fully saturated rings. The summed E-state index contributed by atoms with van der Waals surface area (Å²) in [5.41, 5.74) is 3.64. The fraction of sp³-hybridized carbons (Fsp3) is 0.333. The van der Waals surface area contributed by atoms with E-state index in [0.29, 0.717) is 5.56 Å². The van der Waals surface area contributed by atoms with Crippen LogP contribution in [0.4, 0.5) is 0 Å². The molecular weight excluding hydrogens is 260 g/mol. The number of carbonyl (C=O) groups excluding carboxylic acids is 1. The second-order valence-corrected chi connectivity index (χ2v) is 5.45. The first kappa shape index (κ1) is 13.8. The molecule has 2 aromatic heterocycles. The van der Waals surface area contributed by atoms with E-state index in [9.17, 15) is 4.79 Å². The predicted molar refractivity (Wildman–Crippen MR) is 77.4 cm³/mol. The van der Waals surface area contributed by atoms with E-state index in [4.69, 9.17) is 11.6 Å². The van der Waals surface area contributed by atoms with Crippen molar-refractivity contribution in [1.29, 1.82) is 0 Å². The molecular formula is C15H17ClN2O. The van der Waals surface area contributed by atoms with E-state index in [0.717, 1.165) is 22.8 Å². The zero-order valence-electron chi connectivity index (χ0n) is 11.6. The fourth-order valence-corrected chi connectivity index (χ4v) is 2.29. The third-order valence-electron chi connectivity index (χ3n) is 3.18. The topological polar surface area (TPSA) is 34.9 Å². The normalized spacial score (nSPS) is 12.5. The molecule has 19 heavy (non-hydrogen) atoms. The molecule has 0 saturated heterocycles. The second kappa shape index (κ2) is 5.17. The molecule has 2 rings (SSSR count). The zero-order chi connectivity index (χ0) is 14.2. The molecule has 0 aromatic carbocycles. The lowest BCUT2D eigenvalue weighted by atomic mass is 10.1. The highest BCUT2D eigenvalue weighted by Crippen LogP contribution is 2.21. The van der Waals surface area contributed by atoms with Crippen LogP contribution < -0.4 is 0 Å². The minimum absolute atomic E-state index is 0.0480. The smallest absolute Gasteiger partial charge is 0.182 e. The molecule has 0 spiro atoms. The summed E-state index contributed by atoms with van der Waals surface area (Å²) in [5.74, 6) is 0.773. The summed E-state index contributed by atoms with van der Waals surface area (Å²) in [7, 11) is 0. The number of halogens is 1. The molecule has 0 aliphatic heterocycles. The summed E-state index contributed by atoms with van der Waals surface area (Å²) in [6.07, 6.45) is 1.82. The lowest BCUT2D eigenvalue weighted by molar-refractivity contribution is 0.0991. The first-order chi connectivity index (χ1) is 8.91. The third-order valence-corrected chi connectivity index (χ3v) is 3.38. The summed E-state index contributed by atoms with van der Waals surface area (Å²) in [5, 5.41) is -0.514. The molecule has 1 unspecified atom stereocenters. The van der Waals surface area contributed by atoms with Gasteiger partial charge in [-0.2, -0.15) is 0 Å². The van der Waals surface area contributed by atoms with Crippen LogP contribution in [0.1, 0.15) is 34.2 Å². The van der Waals surface area contributed by atoms with Crippen LogP contribution in [0.3, 0.4) is 0 Å². The van der Waals surface area contributed by atoms with E-state index in [2.05, 4.69) is 4.98 Å². The number of ketones is 1. The third kappa shape index (κ3) is 2.56. The highest BCUT2D eigenvalue weighted by atomic mass is 35.5. The van der Waals surface area contributed by atoms with Gasteiger partial charge in [-0.1, -0.05) is 6.07 Å². The van der Waals surface area contributed by atoms with Crippen molar-refractivity contribution in [1.82, 2.24) is 9.55 Å². The minimum atomic E-state index is -0.514. The van der Waals surface area contributed by atoms with Crippen molar-refractivity contribution in [3.05, 3.63) is 46.9 Å². The maximum absolute atomic E-state index is 12.1. The molecule has 0 bridgehead atoms. The lowest BCUT2D eigenvalue weighted by Gasteiger charge is -2.09. The maximum Gasteiger partial charge on any atom is 0.182 e. The first-order valence-electron chi connectivity index (χ1n) is 6.22. The van der Waals surface area contributed by atoms with Crippen molar-refractivity contribution < 1.29 is 4.79 Å². The highest BCUT2D eigenvalue weighted by molar-refractivity contribution is 6.33.